The zero-order valence-corrected chi connectivity index (χ0v) is 7.86. The normalized spacial score (nSPS) is 24.5. The summed E-state index contributed by atoms with van der Waals surface area (Å²) in [7, 11) is 0. The van der Waals surface area contributed by atoms with E-state index in [4.69, 9.17) is 0 Å². The molecule has 13 heavy (non-hydrogen) atoms. The molecule has 0 unspecified atom stereocenters. The van der Waals surface area contributed by atoms with Gasteiger partial charge >= 0.3 is 0 Å². The van der Waals surface area contributed by atoms with Gasteiger partial charge in [-0.15, -0.1) is 11.8 Å². The third-order valence-corrected chi connectivity index (χ3v) is 3.43. The number of hydrogen-bond donors (Lipinski definition) is 0. The maximum Gasteiger partial charge on any atom is 0.167 e. The van der Waals surface area contributed by atoms with E-state index in [0.29, 0.717) is 6.42 Å². The van der Waals surface area contributed by atoms with Gasteiger partial charge in [-0.1, -0.05) is 12.2 Å². The molecule has 0 spiro atoms. The van der Waals surface area contributed by atoms with E-state index in [1.165, 1.54) is 11.1 Å². The third-order valence-electron chi connectivity index (χ3n) is 2.55. The van der Waals surface area contributed by atoms with Crippen LogP contribution in [0.1, 0.15) is 6.42 Å². The molecule has 0 fully saturated rings. The maximum atomic E-state index is 11.6. The van der Waals surface area contributed by atoms with Crippen LogP contribution in [0.25, 0.3) is 0 Å². The first-order valence-corrected chi connectivity index (χ1v) is 5.38. The van der Waals surface area contributed by atoms with E-state index in [2.05, 4.69) is 17.6 Å². The fourth-order valence-corrected chi connectivity index (χ4v) is 2.90. The summed E-state index contributed by atoms with van der Waals surface area (Å²) in [5.41, 5.74) is 4.60. The molecule has 0 radical (unpaired) electrons. The summed E-state index contributed by atoms with van der Waals surface area (Å²) in [5.74, 6) is 1.31. The van der Waals surface area contributed by atoms with Gasteiger partial charge in [-0.05, 0) is 28.2 Å². The first-order valence-electron chi connectivity index (χ1n) is 4.33. The largest absolute Gasteiger partial charge is 0.294 e. The van der Waals surface area contributed by atoms with E-state index in [0.717, 1.165) is 16.9 Å². The van der Waals surface area contributed by atoms with Crippen molar-refractivity contribution in [2.45, 2.75) is 6.42 Å². The van der Waals surface area contributed by atoms with Crippen molar-refractivity contribution < 1.29 is 4.79 Å². The Labute approximate surface area is 80.9 Å². The fraction of sp³-hybridized carbons (Fsp3) is 0.182. The zero-order chi connectivity index (χ0) is 8.84. The maximum absolute atomic E-state index is 11.6. The van der Waals surface area contributed by atoms with Gasteiger partial charge in [0.05, 0.1) is 0 Å². The average Bonchev–Trinajstić information content (AvgIpc) is 2.62. The van der Waals surface area contributed by atoms with Crippen LogP contribution in [0.5, 0.6) is 0 Å². The van der Waals surface area contributed by atoms with E-state index in [1.54, 1.807) is 11.8 Å². The second-order valence-electron chi connectivity index (χ2n) is 3.37. The van der Waals surface area contributed by atoms with Crippen LogP contribution in [0, 0.1) is 0 Å². The molecule has 2 aliphatic carbocycles. The minimum absolute atomic E-state index is 0.275. The van der Waals surface area contributed by atoms with Crippen molar-refractivity contribution in [1.29, 1.82) is 0 Å². The number of Topliss-reactive ketones (excluding diaryl/α,β-unsaturated/α-hetero) is 1. The van der Waals surface area contributed by atoms with Crippen LogP contribution in [-0.4, -0.2) is 11.5 Å². The molecule has 0 saturated heterocycles. The fourth-order valence-electron chi connectivity index (χ4n) is 1.96. The van der Waals surface area contributed by atoms with Gasteiger partial charge in [0.15, 0.2) is 5.78 Å². The van der Waals surface area contributed by atoms with Crippen molar-refractivity contribution in [1.82, 2.24) is 0 Å². The SMILES string of the molecule is O=C1CC=CC2=C1C1=CSCC1=C2. The molecule has 0 aromatic carbocycles. The van der Waals surface area contributed by atoms with Crippen LogP contribution < -0.4 is 0 Å². The van der Waals surface area contributed by atoms with Gasteiger partial charge in [0, 0.05) is 17.7 Å². The Morgan fingerprint density at radius 3 is 3.23 bits per heavy atom. The topological polar surface area (TPSA) is 17.1 Å². The molecule has 0 aromatic heterocycles. The smallest absolute Gasteiger partial charge is 0.167 e. The van der Waals surface area contributed by atoms with E-state index in [-0.39, 0.29) is 5.78 Å². The lowest BCUT2D eigenvalue weighted by atomic mass is 9.95. The predicted molar refractivity (Wildman–Crippen MR) is 54.4 cm³/mol. The molecule has 1 heterocycles. The van der Waals surface area contributed by atoms with Gasteiger partial charge in [-0.25, -0.2) is 0 Å². The van der Waals surface area contributed by atoms with Gasteiger partial charge < -0.3 is 0 Å². The summed E-state index contributed by atoms with van der Waals surface area (Å²) in [6.45, 7) is 0. The van der Waals surface area contributed by atoms with Crippen LogP contribution in [0.2, 0.25) is 0 Å². The highest BCUT2D eigenvalue weighted by molar-refractivity contribution is 8.02. The van der Waals surface area contributed by atoms with E-state index >= 15 is 0 Å². The van der Waals surface area contributed by atoms with Crippen molar-refractivity contribution in [3.05, 3.63) is 45.9 Å². The molecule has 0 aromatic rings. The lowest BCUT2D eigenvalue weighted by molar-refractivity contribution is -0.114. The molecule has 0 saturated carbocycles. The van der Waals surface area contributed by atoms with Crippen molar-refractivity contribution in [2.75, 3.05) is 5.75 Å². The molecule has 0 N–H and O–H groups in total. The molecule has 0 amide bonds. The highest BCUT2D eigenvalue weighted by atomic mass is 32.2. The summed E-state index contributed by atoms with van der Waals surface area (Å²) < 4.78 is 0. The minimum Gasteiger partial charge on any atom is -0.294 e. The number of allylic oxidation sites excluding steroid dienone is 6. The first kappa shape index (κ1) is 7.39. The minimum atomic E-state index is 0.275. The number of fused-ring (bicyclic) bond motifs is 2. The van der Waals surface area contributed by atoms with E-state index < -0.39 is 0 Å². The quantitative estimate of drug-likeness (QED) is 0.580. The second-order valence-corrected chi connectivity index (χ2v) is 4.23. The standard InChI is InChI=1S/C11H8OS/c12-10-3-1-2-7-4-8-5-13-6-9(8)11(7)10/h1-2,4,6H,3,5H2. The number of thioether (sulfide) groups is 1. The van der Waals surface area contributed by atoms with Crippen molar-refractivity contribution in [2.24, 2.45) is 0 Å². The summed E-state index contributed by atoms with van der Waals surface area (Å²) in [6, 6.07) is 0. The van der Waals surface area contributed by atoms with Crippen LogP contribution in [0.4, 0.5) is 0 Å². The van der Waals surface area contributed by atoms with Crippen LogP contribution in [0.3, 0.4) is 0 Å². The highest BCUT2D eigenvalue weighted by Gasteiger charge is 2.29. The van der Waals surface area contributed by atoms with Gasteiger partial charge in [-0.3, -0.25) is 4.79 Å². The van der Waals surface area contributed by atoms with Crippen LogP contribution >= 0.6 is 11.8 Å². The molecule has 0 bridgehead atoms. The number of carbonyl (C=O) groups is 1. The van der Waals surface area contributed by atoms with E-state index in [9.17, 15) is 4.79 Å². The van der Waals surface area contributed by atoms with Crippen molar-refractivity contribution >= 4 is 17.5 Å². The lowest BCUT2D eigenvalue weighted by Gasteiger charge is -2.07. The van der Waals surface area contributed by atoms with Crippen molar-refractivity contribution in [3.8, 4) is 0 Å². The summed E-state index contributed by atoms with van der Waals surface area (Å²) in [4.78, 5) is 11.6. The van der Waals surface area contributed by atoms with Crippen molar-refractivity contribution in [3.63, 3.8) is 0 Å². The van der Waals surface area contributed by atoms with Crippen LogP contribution in [0.15, 0.2) is 45.9 Å². The zero-order valence-electron chi connectivity index (χ0n) is 7.04. The molecule has 1 aliphatic heterocycles. The lowest BCUT2D eigenvalue weighted by Crippen LogP contribution is -2.06. The molecule has 1 nitrogen and oxygen atoms in total. The average molecular weight is 188 g/mol. The Hall–Kier alpha value is -1.02. The molecule has 3 aliphatic rings. The first-order chi connectivity index (χ1) is 6.36. The molecular weight excluding hydrogens is 180 g/mol. The van der Waals surface area contributed by atoms with Gasteiger partial charge in [0.25, 0.3) is 0 Å². The number of carbonyl (C=O) groups excluding carboxylic acids is 1. The third kappa shape index (κ3) is 0.923. The molecule has 0 atom stereocenters. The molecule has 2 heteroatoms. The molecular formula is C11H8OS. The Kier molecular flexibility index (Phi) is 1.41. The number of ketones is 1. The van der Waals surface area contributed by atoms with E-state index in [1.807, 2.05) is 6.08 Å². The van der Waals surface area contributed by atoms with Gasteiger partial charge in [0.1, 0.15) is 0 Å². The molecule has 3 rings (SSSR count). The number of rotatable bonds is 0. The van der Waals surface area contributed by atoms with Crippen LogP contribution in [-0.2, 0) is 4.79 Å². The Balaban J connectivity index is 2.19. The Morgan fingerprint density at radius 1 is 1.38 bits per heavy atom. The van der Waals surface area contributed by atoms with Gasteiger partial charge in [0.2, 0.25) is 0 Å². The summed E-state index contributed by atoms with van der Waals surface area (Å²) in [5, 5.41) is 2.12. The predicted octanol–water partition coefficient (Wildman–Crippen LogP) is 2.38. The summed E-state index contributed by atoms with van der Waals surface area (Å²) >= 11 is 1.78. The second kappa shape index (κ2) is 2.48. The summed E-state index contributed by atoms with van der Waals surface area (Å²) in [6.07, 6.45) is 6.73. The monoisotopic (exact) mass is 188 g/mol. The highest BCUT2D eigenvalue weighted by Crippen LogP contribution is 2.42. The molecule has 64 valence electrons. The van der Waals surface area contributed by atoms with Gasteiger partial charge in [-0.2, -0.15) is 0 Å². The Morgan fingerprint density at radius 2 is 2.31 bits per heavy atom. The Bertz CT molecular complexity index is 421. The number of hydrogen-bond acceptors (Lipinski definition) is 2.